The van der Waals surface area contributed by atoms with Gasteiger partial charge in [-0.2, -0.15) is 0 Å². The number of rotatable bonds is 0. The number of carbonyl (C=O) groups excluding carboxylic acids is 1. The molecule has 2 N–H and O–H groups in total. The molecule has 0 heterocycles. The minimum Gasteiger partial charge on any atom is -0.370 e. The van der Waals surface area contributed by atoms with E-state index in [0.29, 0.717) is 0 Å². The van der Waals surface area contributed by atoms with Crippen molar-refractivity contribution in [2.75, 3.05) is 0 Å². The Bertz CT molecular complexity index is 40.2. The predicted molar refractivity (Wildman–Crippen MR) is 42.2 cm³/mol. The fraction of sp³-hybridized carbons (Fsp3) is 0.857. The molecule has 58 valence electrons. The number of primary amides is 1. The average Bonchev–Trinajstić information content (AvgIpc) is 1.71. The highest BCUT2D eigenvalue weighted by Gasteiger charge is 1.61. The molecule has 0 saturated carbocycles. The van der Waals surface area contributed by atoms with Gasteiger partial charge >= 0.3 is 0 Å². The van der Waals surface area contributed by atoms with Gasteiger partial charge in [0.25, 0.3) is 0 Å². The van der Waals surface area contributed by atoms with Crippen LogP contribution in [0.3, 0.4) is 0 Å². The van der Waals surface area contributed by atoms with Gasteiger partial charge in [-0.15, -0.1) is 0 Å². The van der Waals surface area contributed by atoms with Crippen LogP contribution in [-0.2, 0) is 4.79 Å². The molecular formula is C7H19NO. The van der Waals surface area contributed by atoms with Crippen molar-refractivity contribution in [1.29, 1.82) is 0 Å². The highest BCUT2D eigenvalue weighted by atomic mass is 16.1. The topological polar surface area (TPSA) is 43.1 Å². The summed E-state index contributed by atoms with van der Waals surface area (Å²) in [6, 6.07) is 0. The van der Waals surface area contributed by atoms with Crippen LogP contribution >= 0.6 is 0 Å². The van der Waals surface area contributed by atoms with Gasteiger partial charge in [0.1, 0.15) is 0 Å². The van der Waals surface area contributed by atoms with Gasteiger partial charge in [-0.1, -0.05) is 34.1 Å². The van der Waals surface area contributed by atoms with Crippen LogP contribution in [0.5, 0.6) is 0 Å². The predicted octanol–water partition coefficient (Wildman–Crippen LogP) is 1.93. The molecule has 0 aromatic carbocycles. The summed E-state index contributed by atoms with van der Waals surface area (Å²) in [7, 11) is 0. The summed E-state index contributed by atoms with van der Waals surface area (Å²) in [5.74, 6) is -0.333. The maximum atomic E-state index is 9.22. The maximum absolute atomic E-state index is 9.22. The van der Waals surface area contributed by atoms with Crippen LogP contribution in [0.25, 0.3) is 0 Å². The van der Waals surface area contributed by atoms with Crippen LogP contribution < -0.4 is 5.73 Å². The Hall–Kier alpha value is -0.530. The van der Waals surface area contributed by atoms with Crippen molar-refractivity contribution in [3.8, 4) is 0 Å². The summed E-state index contributed by atoms with van der Waals surface area (Å²) in [6.45, 7) is 9.56. The molecule has 2 heteroatoms. The van der Waals surface area contributed by atoms with E-state index in [1.54, 1.807) is 0 Å². The molecule has 0 fully saturated rings. The summed E-state index contributed by atoms with van der Waals surface area (Å²) in [5.41, 5.74) is 4.47. The van der Waals surface area contributed by atoms with Crippen molar-refractivity contribution in [2.24, 2.45) is 5.73 Å². The lowest BCUT2D eigenvalue weighted by Gasteiger charge is -1.60. The highest BCUT2D eigenvalue weighted by Crippen LogP contribution is 1.56. The van der Waals surface area contributed by atoms with Crippen LogP contribution in [-0.4, -0.2) is 5.91 Å². The fourth-order valence-electron chi connectivity index (χ4n) is 0. The summed E-state index contributed by atoms with van der Waals surface area (Å²) < 4.78 is 0. The van der Waals surface area contributed by atoms with Gasteiger partial charge in [0, 0.05) is 6.92 Å². The van der Waals surface area contributed by atoms with Gasteiger partial charge in [0.05, 0.1) is 0 Å². The molecule has 0 saturated heterocycles. The van der Waals surface area contributed by atoms with Crippen molar-refractivity contribution in [3.05, 3.63) is 0 Å². The third-order valence-corrected chi connectivity index (χ3v) is 0. The lowest BCUT2D eigenvalue weighted by Crippen LogP contribution is -2.01. The van der Waals surface area contributed by atoms with E-state index < -0.39 is 0 Å². The van der Waals surface area contributed by atoms with Crippen molar-refractivity contribution >= 4 is 5.91 Å². The largest absolute Gasteiger partial charge is 0.370 e. The molecule has 0 atom stereocenters. The lowest BCUT2D eigenvalue weighted by molar-refractivity contribution is -0.115. The first-order valence-corrected chi connectivity index (χ1v) is 3.41. The van der Waals surface area contributed by atoms with Gasteiger partial charge < -0.3 is 5.73 Å². The van der Waals surface area contributed by atoms with Crippen LogP contribution in [0.2, 0.25) is 0 Å². The second kappa shape index (κ2) is 26.0. The van der Waals surface area contributed by atoms with Gasteiger partial charge in [0.15, 0.2) is 0 Å². The molecule has 0 aromatic heterocycles. The average molecular weight is 133 g/mol. The zero-order valence-electron chi connectivity index (χ0n) is 7.19. The first-order chi connectivity index (χ1) is 4.15. The quantitative estimate of drug-likeness (QED) is 0.539. The summed E-state index contributed by atoms with van der Waals surface area (Å²) in [6.07, 6.45) is 1.25. The molecule has 0 aliphatic heterocycles. The molecule has 1 amide bonds. The number of carbonyl (C=O) groups is 1. The Morgan fingerprint density at radius 3 is 1.33 bits per heavy atom. The Labute approximate surface area is 58.4 Å². The summed E-state index contributed by atoms with van der Waals surface area (Å²) in [4.78, 5) is 9.22. The second-order valence-corrected chi connectivity index (χ2v) is 1.32. The fourth-order valence-corrected chi connectivity index (χ4v) is 0. The minimum absolute atomic E-state index is 0.333. The molecule has 0 spiro atoms. The van der Waals surface area contributed by atoms with Crippen molar-refractivity contribution in [2.45, 2.75) is 41.0 Å². The van der Waals surface area contributed by atoms with Crippen LogP contribution in [0.1, 0.15) is 41.0 Å². The molecule has 0 unspecified atom stereocenters. The van der Waals surface area contributed by atoms with Crippen molar-refractivity contribution in [1.82, 2.24) is 0 Å². The van der Waals surface area contributed by atoms with E-state index in [2.05, 4.69) is 19.6 Å². The van der Waals surface area contributed by atoms with Gasteiger partial charge in [-0.05, 0) is 0 Å². The molecule has 0 aliphatic rings. The molecular weight excluding hydrogens is 114 g/mol. The summed E-state index contributed by atoms with van der Waals surface area (Å²) >= 11 is 0. The smallest absolute Gasteiger partial charge is 0.214 e. The SMILES string of the molecule is CC.CC(N)=O.CCC. The Kier molecular flexibility index (Phi) is 45.6. The number of hydrogen-bond acceptors (Lipinski definition) is 1. The molecule has 0 bridgehead atoms. The van der Waals surface area contributed by atoms with Crippen molar-refractivity contribution < 1.29 is 4.79 Å². The first kappa shape index (κ1) is 15.8. The van der Waals surface area contributed by atoms with E-state index >= 15 is 0 Å². The third-order valence-electron chi connectivity index (χ3n) is 0. The molecule has 2 nitrogen and oxygen atoms in total. The standard InChI is InChI=1S/C3H8.C2H5NO.C2H6/c1-3-2;1-2(3)4;1-2/h3H2,1-2H3;1H3,(H2,3,4);1-2H3. The normalized spacial score (nSPS) is 5.44. The third kappa shape index (κ3) is 796. The lowest BCUT2D eigenvalue weighted by atomic mass is 10.6. The van der Waals surface area contributed by atoms with Crippen LogP contribution in [0, 0.1) is 0 Å². The zero-order chi connectivity index (χ0) is 8.28. The monoisotopic (exact) mass is 133 g/mol. The Balaban J connectivity index is -0.0000000646. The second-order valence-electron chi connectivity index (χ2n) is 1.32. The molecule has 0 radical (unpaired) electrons. The van der Waals surface area contributed by atoms with Gasteiger partial charge in [-0.25, -0.2) is 0 Å². The van der Waals surface area contributed by atoms with E-state index in [-0.39, 0.29) is 5.91 Å². The number of hydrogen-bond donors (Lipinski definition) is 1. The number of nitrogens with two attached hydrogens (primary N) is 1. The van der Waals surface area contributed by atoms with Gasteiger partial charge in [0.2, 0.25) is 5.91 Å². The van der Waals surface area contributed by atoms with E-state index in [9.17, 15) is 4.79 Å². The highest BCUT2D eigenvalue weighted by molar-refractivity contribution is 5.70. The van der Waals surface area contributed by atoms with E-state index in [0.717, 1.165) is 0 Å². The minimum atomic E-state index is -0.333. The van der Waals surface area contributed by atoms with Gasteiger partial charge in [-0.3, -0.25) is 4.79 Å². The Morgan fingerprint density at radius 2 is 1.33 bits per heavy atom. The number of amides is 1. The van der Waals surface area contributed by atoms with Crippen LogP contribution in [0.4, 0.5) is 0 Å². The first-order valence-electron chi connectivity index (χ1n) is 3.41. The zero-order valence-corrected chi connectivity index (χ0v) is 7.19. The maximum Gasteiger partial charge on any atom is 0.214 e. The Morgan fingerprint density at radius 1 is 1.33 bits per heavy atom. The van der Waals surface area contributed by atoms with E-state index in [1.165, 1.54) is 13.3 Å². The van der Waals surface area contributed by atoms with E-state index in [4.69, 9.17) is 0 Å². The molecule has 0 aromatic rings. The molecule has 0 aliphatic carbocycles. The summed E-state index contributed by atoms with van der Waals surface area (Å²) in [5, 5.41) is 0. The molecule has 9 heavy (non-hydrogen) atoms. The van der Waals surface area contributed by atoms with E-state index in [1.807, 2.05) is 13.8 Å². The van der Waals surface area contributed by atoms with Crippen LogP contribution in [0.15, 0.2) is 0 Å². The molecule has 0 rings (SSSR count). The van der Waals surface area contributed by atoms with Crippen molar-refractivity contribution in [3.63, 3.8) is 0 Å².